The molecule has 1 aromatic carbocycles. The first-order chi connectivity index (χ1) is 21.0. The van der Waals surface area contributed by atoms with Crippen molar-refractivity contribution in [3.63, 3.8) is 0 Å². The van der Waals surface area contributed by atoms with Crippen LogP contribution in [0.5, 0.6) is 0 Å². The van der Waals surface area contributed by atoms with Gasteiger partial charge < -0.3 is 14.6 Å². The second kappa shape index (κ2) is 10.9. The van der Waals surface area contributed by atoms with Gasteiger partial charge in [0.2, 0.25) is 12.3 Å². The van der Waals surface area contributed by atoms with E-state index in [2.05, 4.69) is 34.3 Å². The summed E-state index contributed by atoms with van der Waals surface area (Å²) in [6.07, 6.45) is 7.94. The van der Waals surface area contributed by atoms with Crippen molar-refractivity contribution in [2.75, 3.05) is 11.9 Å². The van der Waals surface area contributed by atoms with Gasteiger partial charge in [0.15, 0.2) is 16.8 Å². The number of carbonyl (C=O) groups is 2. The van der Waals surface area contributed by atoms with Crippen LogP contribution >= 0.6 is 23.2 Å². The number of anilines is 1. The monoisotopic (exact) mass is 640 g/mol. The average molecular weight is 642 g/mol. The Morgan fingerprint density at radius 3 is 2.61 bits per heavy atom. The van der Waals surface area contributed by atoms with Crippen molar-refractivity contribution < 1.29 is 23.2 Å². The number of rotatable bonds is 5. The number of carbonyl (C=O) groups excluding carboxylic acids is 2. The fourth-order valence-corrected chi connectivity index (χ4v) is 9.16. The van der Waals surface area contributed by atoms with Crippen LogP contribution in [0.1, 0.15) is 94.2 Å². The summed E-state index contributed by atoms with van der Waals surface area (Å²) in [5, 5.41) is 7.24. The van der Waals surface area contributed by atoms with Gasteiger partial charge in [0.1, 0.15) is 11.9 Å². The number of pyridine rings is 1. The third kappa shape index (κ3) is 4.60. The minimum Gasteiger partial charge on any atom is -0.370 e. The van der Waals surface area contributed by atoms with E-state index in [-0.39, 0.29) is 46.3 Å². The smallest absolute Gasteiger partial charge is 0.236 e. The number of fused-ring (bicyclic) bond motifs is 3. The zero-order valence-corrected chi connectivity index (χ0v) is 26.3. The molecular formula is C33H35Cl2FN4O4. The molecule has 0 radical (unpaired) electrons. The van der Waals surface area contributed by atoms with Crippen LogP contribution in [0.25, 0.3) is 0 Å². The van der Waals surface area contributed by atoms with Gasteiger partial charge in [-0.2, -0.15) is 4.98 Å². The van der Waals surface area contributed by atoms with Crippen molar-refractivity contribution in [1.82, 2.24) is 15.1 Å². The number of nitrogens with one attached hydrogen (secondary N) is 1. The van der Waals surface area contributed by atoms with E-state index in [0.717, 1.165) is 37.7 Å². The van der Waals surface area contributed by atoms with Crippen molar-refractivity contribution in [2.24, 2.45) is 22.7 Å². The molecule has 1 N–H and O–H groups in total. The fourth-order valence-electron chi connectivity index (χ4n) is 8.83. The molecule has 5 atom stereocenters. The molecule has 1 amide bonds. The zero-order chi connectivity index (χ0) is 30.9. The van der Waals surface area contributed by atoms with Crippen LogP contribution in [-0.4, -0.2) is 33.4 Å². The SMILES string of the molecule is CC1(C)CCC2(CC1)C[C@@H](C(=O)C[C@@H]1CC[C@@H](c3ncon3)OC1)[C@H](c1ccnc(Cl)c1F)[C@]21C(=O)Nc2cc(Cl)ccc21. The summed E-state index contributed by atoms with van der Waals surface area (Å²) >= 11 is 12.7. The lowest BCUT2D eigenvalue weighted by molar-refractivity contribution is -0.127. The van der Waals surface area contributed by atoms with Crippen molar-refractivity contribution in [3.05, 3.63) is 69.8 Å². The number of Topliss-reactive ketones (excluding diaryl/α,β-unsaturated/α-hetero) is 1. The maximum Gasteiger partial charge on any atom is 0.236 e. The standard InChI is InChI=1S/C33H35Cl2FN4O4/c1-31(2)8-10-32(11-9-31)15-21(24(41)13-18-3-6-25(43-16-18)29-38-17-44-40-29)26(20-7-12-37-28(35)27(20)36)33(32)22-5-4-19(34)14-23(22)39-30(33)42/h4-5,7,12,14,17-18,21,25-26H,3,6,8-11,13,15-16H2,1-2H3,(H,39,42)/t18-,21-,25-,26-,33+/m0/s1. The number of hydrogen-bond donors (Lipinski definition) is 1. The summed E-state index contributed by atoms with van der Waals surface area (Å²) in [6.45, 7) is 4.87. The number of aromatic nitrogens is 3. The van der Waals surface area contributed by atoms with E-state index in [1.807, 2.05) is 6.07 Å². The predicted octanol–water partition coefficient (Wildman–Crippen LogP) is 7.62. The Morgan fingerprint density at radius 1 is 1.11 bits per heavy atom. The average Bonchev–Trinajstić information content (AvgIpc) is 3.70. The molecule has 44 heavy (non-hydrogen) atoms. The van der Waals surface area contributed by atoms with E-state index in [9.17, 15) is 9.59 Å². The number of benzene rings is 1. The first kappa shape index (κ1) is 29.8. The second-order valence-electron chi connectivity index (χ2n) is 13.9. The molecule has 2 saturated carbocycles. The Balaban J connectivity index is 1.31. The van der Waals surface area contributed by atoms with Gasteiger partial charge in [-0.15, -0.1) is 0 Å². The van der Waals surface area contributed by atoms with Crippen molar-refractivity contribution in [3.8, 4) is 0 Å². The largest absolute Gasteiger partial charge is 0.370 e. The second-order valence-corrected chi connectivity index (χ2v) is 14.7. The van der Waals surface area contributed by atoms with E-state index < -0.39 is 28.5 Å². The van der Waals surface area contributed by atoms with E-state index in [1.165, 1.54) is 12.6 Å². The van der Waals surface area contributed by atoms with Crippen LogP contribution in [0.15, 0.2) is 41.4 Å². The van der Waals surface area contributed by atoms with Crippen LogP contribution in [0, 0.1) is 28.5 Å². The third-order valence-electron chi connectivity index (χ3n) is 11.0. The summed E-state index contributed by atoms with van der Waals surface area (Å²) in [7, 11) is 0. The highest BCUT2D eigenvalue weighted by Gasteiger charge is 2.72. The van der Waals surface area contributed by atoms with Crippen LogP contribution in [0.3, 0.4) is 0 Å². The van der Waals surface area contributed by atoms with Crippen LogP contribution < -0.4 is 5.32 Å². The highest BCUT2D eigenvalue weighted by Crippen LogP contribution is 2.72. The first-order valence-electron chi connectivity index (χ1n) is 15.4. The number of ether oxygens (including phenoxy) is 1. The molecule has 3 fully saturated rings. The molecule has 0 bridgehead atoms. The van der Waals surface area contributed by atoms with Gasteiger partial charge in [-0.25, -0.2) is 9.37 Å². The summed E-state index contributed by atoms with van der Waals surface area (Å²) < 4.78 is 27.0. The Hall–Kier alpha value is -2.88. The molecule has 232 valence electrons. The summed E-state index contributed by atoms with van der Waals surface area (Å²) in [6, 6.07) is 7.03. The minimum atomic E-state index is -1.18. The van der Waals surface area contributed by atoms with Gasteiger partial charge in [0.05, 0.1) is 12.0 Å². The number of ketones is 1. The van der Waals surface area contributed by atoms with E-state index in [4.69, 9.17) is 32.5 Å². The molecular weight excluding hydrogens is 606 g/mol. The highest BCUT2D eigenvalue weighted by molar-refractivity contribution is 6.31. The van der Waals surface area contributed by atoms with Crippen LogP contribution in [-0.2, 0) is 19.7 Å². The van der Waals surface area contributed by atoms with Gasteiger partial charge in [-0.3, -0.25) is 9.59 Å². The van der Waals surface area contributed by atoms with Crippen molar-refractivity contribution >= 4 is 40.6 Å². The number of halogens is 3. The molecule has 2 spiro atoms. The normalized spacial score (nSPS) is 30.4. The first-order valence-corrected chi connectivity index (χ1v) is 16.1. The Bertz CT molecular complexity index is 1600. The van der Waals surface area contributed by atoms with Gasteiger partial charge in [0, 0.05) is 35.2 Å². The summed E-state index contributed by atoms with van der Waals surface area (Å²) in [5.74, 6) is -1.74. The van der Waals surface area contributed by atoms with E-state index in [0.29, 0.717) is 36.0 Å². The summed E-state index contributed by atoms with van der Waals surface area (Å²) in [4.78, 5) is 37.2. The van der Waals surface area contributed by atoms with E-state index >= 15 is 4.39 Å². The molecule has 11 heteroatoms. The quantitative estimate of drug-likeness (QED) is 0.286. The molecule has 1 saturated heterocycles. The van der Waals surface area contributed by atoms with Crippen molar-refractivity contribution in [1.29, 1.82) is 0 Å². The Labute approximate surface area is 265 Å². The minimum absolute atomic E-state index is 0.0153. The third-order valence-corrected chi connectivity index (χ3v) is 11.5. The highest BCUT2D eigenvalue weighted by atomic mass is 35.5. The number of hydrogen-bond acceptors (Lipinski definition) is 7. The van der Waals surface area contributed by atoms with Crippen LogP contribution in [0.4, 0.5) is 10.1 Å². The summed E-state index contributed by atoms with van der Waals surface area (Å²) in [5.41, 5.74) is 0.0250. The van der Waals surface area contributed by atoms with Crippen molar-refractivity contribution in [2.45, 2.75) is 82.7 Å². The molecule has 2 aromatic heterocycles. The molecule has 2 aliphatic heterocycles. The predicted molar refractivity (Wildman–Crippen MR) is 162 cm³/mol. The lowest BCUT2D eigenvalue weighted by Gasteiger charge is -2.51. The molecule has 7 rings (SSSR count). The zero-order valence-electron chi connectivity index (χ0n) is 24.7. The lowest BCUT2D eigenvalue weighted by Crippen LogP contribution is -2.52. The number of amides is 1. The molecule has 3 aromatic rings. The van der Waals surface area contributed by atoms with Gasteiger partial charge in [-0.05, 0) is 91.0 Å². The Morgan fingerprint density at radius 2 is 1.91 bits per heavy atom. The van der Waals surface area contributed by atoms with Gasteiger partial charge in [-0.1, -0.05) is 48.3 Å². The molecule has 2 aliphatic carbocycles. The van der Waals surface area contributed by atoms with Gasteiger partial charge >= 0.3 is 0 Å². The van der Waals surface area contributed by atoms with Crippen LogP contribution in [0.2, 0.25) is 10.2 Å². The Kier molecular flexibility index (Phi) is 7.37. The van der Waals surface area contributed by atoms with E-state index in [1.54, 1.807) is 18.2 Å². The number of nitrogens with zero attached hydrogens (tertiary/aromatic N) is 3. The molecule has 4 heterocycles. The molecule has 4 aliphatic rings. The maximum atomic E-state index is 16.1. The molecule has 0 unspecified atom stereocenters. The molecule has 8 nitrogen and oxygen atoms in total. The lowest BCUT2D eigenvalue weighted by atomic mass is 9.51. The van der Waals surface area contributed by atoms with Gasteiger partial charge in [0.25, 0.3) is 0 Å². The topological polar surface area (TPSA) is 107 Å². The fraction of sp³-hybridized carbons (Fsp3) is 0.545. The maximum absolute atomic E-state index is 16.1.